The number of amidine groups is 1. The summed E-state index contributed by atoms with van der Waals surface area (Å²) in [5, 5.41) is 3.36. The van der Waals surface area contributed by atoms with Crippen LogP contribution in [0.2, 0.25) is 0 Å². The third kappa shape index (κ3) is 2.19. The van der Waals surface area contributed by atoms with Gasteiger partial charge in [-0.15, -0.1) is 11.3 Å². The van der Waals surface area contributed by atoms with Gasteiger partial charge >= 0.3 is 0 Å². The van der Waals surface area contributed by atoms with Gasteiger partial charge in [0.1, 0.15) is 6.04 Å². The van der Waals surface area contributed by atoms with Gasteiger partial charge in [0.05, 0.1) is 11.7 Å². The van der Waals surface area contributed by atoms with E-state index in [9.17, 15) is 0 Å². The van der Waals surface area contributed by atoms with Crippen LogP contribution in [0.1, 0.15) is 36.0 Å². The Morgan fingerprint density at radius 2 is 2.24 bits per heavy atom. The standard InChI is InChI=1S/C16H17N3S2/c1-2-11-10-21-16-18-14(12-6-3-4-8-17-12)15(19(11)16)13-7-5-9-20-13/h3-9,11,14-15H,2,10H2,1H3/t11-,14+,15+/m1/s1. The quantitative estimate of drug-likeness (QED) is 0.853. The Balaban J connectivity index is 1.78. The molecule has 2 aliphatic rings. The van der Waals surface area contributed by atoms with Gasteiger partial charge < -0.3 is 4.90 Å². The zero-order valence-corrected chi connectivity index (χ0v) is 13.5. The van der Waals surface area contributed by atoms with Crippen molar-refractivity contribution in [1.29, 1.82) is 0 Å². The van der Waals surface area contributed by atoms with Gasteiger partial charge in [0.25, 0.3) is 0 Å². The van der Waals surface area contributed by atoms with Crippen LogP contribution in [0.4, 0.5) is 0 Å². The third-order valence-corrected chi connectivity index (χ3v) is 6.23. The number of rotatable bonds is 3. The summed E-state index contributed by atoms with van der Waals surface area (Å²) in [6.45, 7) is 2.27. The van der Waals surface area contributed by atoms with E-state index in [0.717, 1.165) is 11.4 Å². The van der Waals surface area contributed by atoms with Gasteiger partial charge in [0.2, 0.25) is 0 Å². The number of nitrogens with zero attached hydrogens (tertiary/aromatic N) is 3. The molecule has 1 fully saturated rings. The van der Waals surface area contributed by atoms with E-state index in [1.54, 1.807) is 0 Å². The van der Waals surface area contributed by atoms with Crippen LogP contribution < -0.4 is 0 Å². The van der Waals surface area contributed by atoms with E-state index in [0.29, 0.717) is 12.1 Å². The molecule has 4 rings (SSSR count). The summed E-state index contributed by atoms with van der Waals surface area (Å²) < 4.78 is 0. The topological polar surface area (TPSA) is 28.5 Å². The molecule has 0 amide bonds. The average molecular weight is 315 g/mol. The molecule has 0 spiro atoms. The minimum Gasteiger partial charge on any atom is -0.337 e. The fraction of sp³-hybridized carbons (Fsp3) is 0.375. The number of thiophene rings is 1. The van der Waals surface area contributed by atoms with Crippen molar-refractivity contribution in [3.63, 3.8) is 0 Å². The van der Waals surface area contributed by atoms with E-state index in [2.05, 4.69) is 46.5 Å². The predicted molar refractivity (Wildman–Crippen MR) is 89.8 cm³/mol. The van der Waals surface area contributed by atoms with E-state index in [-0.39, 0.29) is 6.04 Å². The van der Waals surface area contributed by atoms with Crippen molar-refractivity contribution in [2.45, 2.75) is 31.5 Å². The Morgan fingerprint density at radius 3 is 2.95 bits per heavy atom. The van der Waals surface area contributed by atoms with Crippen molar-refractivity contribution in [2.75, 3.05) is 5.75 Å². The molecule has 4 heterocycles. The molecule has 2 aliphatic heterocycles. The molecule has 0 bridgehead atoms. The number of hydrogen-bond acceptors (Lipinski definition) is 5. The molecule has 0 unspecified atom stereocenters. The maximum absolute atomic E-state index is 5.01. The van der Waals surface area contributed by atoms with Crippen LogP contribution in [0, 0.1) is 0 Å². The lowest BCUT2D eigenvalue weighted by atomic mass is 10.0. The molecular weight excluding hydrogens is 298 g/mol. The first-order valence-electron chi connectivity index (χ1n) is 7.31. The number of aromatic nitrogens is 1. The first-order valence-corrected chi connectivity index (χ1v) is 9.18. The van der Waals surface area contributed by atoms with Crippen molar-refractivity contribution < 1.29 is 0 Å². The lowest BCUT2D eigenvalue weighted by molar-refractivity contribution is 0.258. The first-order chi connectivity index (χ1) is 10.4. The van der Waals surface area contributed by atoms with Crippen LogP contribution >= 0.6 is 23.1 Å². The van der Waals surface area contributed by atoms with Gasteiger partial charge in [0, 0.05) is 22.9 Å². The SMILES string of the molecule is CC[C@@H]1CSC2=N[C@@H](c3ccccn3)[C@H](c3cccs3)N21. The number of hydrogen-bond donors (Lipinski definition) is 0. The summed E-state index contributed by atoms with van der Waals surface area (Å²) in [7, 11) is 0. The minimum absolute atomic E-state index is 0.127. The zero-order valence-electron chi connectivity index (χ0n) is 11.8. The Hall–Kier alpha value is -1.33. The number of fused-ring (bicyclic) bond motifs is 1. The second-order valence-electron chi connectivity index (χ2n) is 5.35. The maximum atomic E-state index is 5.01. The summed E-state index contributed by atoms with van der Waals surface area (Å²) in [5.41, 5.74) is 1.08. The maximum Gasteiger partial charge on any atom is 0.160 e. The second kappa shape index (κ2) is 5.46. The van der Waals surface area contributed by atoms with E-state index < -0.39 is 0 Å². The Bertz CT molecular complexity index is 639. The molecule has 21 heavy (non-hydrogen) atoms. The number of pyridine rings is 1. The normalized spacial score (nSPS) is 27.8. The van der Waals surface area contributed by atoms with Crippen LogP contribution in [0.15, 0.2) is 46.9 Å². The Kier molecular flexibility index (Phi) is 3.47. The minimum atomic E-state index is 0.127. The first kappa shape index (κ1) is 13.3. The largest absolute Gasteiger partial charge is 0.337 e. The molecule has 108 valence electrons. The summed E-state index contributed by atoms with van der Waals surface area (Å²) in [6, 6.07) is 11.5. The van der Waals surface area contributed by atoms with Gasteiger partial charge in [-0.3, -0.25) is 9.98 Å². The van der Waals surface area contributed by atoms with E-state index in [4.69, 9.17) is 4.99 Å². The lowest BCUT2D eigenvalue weighted by Crippen LogP contribution is -2.34. The fourth-order valence-electron chi connectivity index (χ4n) is 3.12. The monoisotopic (exact) mass is 315 g/mol. The molecule has 0 N–H and O–H groups in total. The van der Waals surface area contributed by atoms with E-state index >= 15 is 0 Å². The van der Waals surface area contributed by atoms with Gasteiger partial charge in [-0.25, -0.2) is 0 Å². The molecule has 5 heteroatoms. The van der Waals surface area contributed by atoms with E-state index in [1.807, 2.05) is 35.4 Å². The van der Waals surface area contributed by atoms with Crippen molar-refractivity contribution in [2.24, 2.45) is 4.99 Å². The fourth-order valence-corrected chi connectivity index (χ4v) is 5.31. The van der Waals surface area contributed by atoms with Crippen molar-refractivity contribution in [3.8, 4) is 0 Å². The molecule has 0 saturated carbocycles. The van der Waals surface area contributed by atoms with Crippen LogP contribution in [0.25, 0.3) is 0 Å². The summed E-state index contributed by atoms with van der Waals surface area (Å²) in [5.74, 6) is 1.16. The smallest absolute Gasteiger partial charge is 0.160 e. The van der Waals surface area contributed by atoms with E-state index in [1.165, 1.54) is 16.5 Å². The van der Waals surface area contributed by atoms with Gasteiger partial charge in [-0.05, 0) is 30.0 Å². The number of aliphatic imine (C=N–C) groups is 1. The molecule has 0 radical (unpaired) electrons. The molecule has 2 aromatic heterocycles. The van der Waals surface area contributed by atoms with Crippen molar-refractivity contribution in [1.82, 2.24) is 9.88 Å². The van der Waals surface area contributed by atoms with Crippen molar-refractivity contribution in [3.05, 3.63) is 52.5 Å². The Labute approximate surface area is 133 Å². The molecule has 3 atom stereocenters. The van der Waals surface area contributed by atoms with Gasteiger partial charge in [-0.1, -0.05) is 30.8 Å². The molecule has 3 nitrogen and oxygen atoms in total. The summed E-state index contributed by atoms with van der Waals surface area (Å²) in [6.07, 6.45) is 3.04. The van der Waals surface area contributed by atoms with Gasteiger partial charge in [0.15, 0.2) is 5.17 Å². The third-order valence-electron chi connectivity index (χ3n) is 4.16. The predicted octanol–water partition coefficient (Wildman–Crippen LogP) is 4.12. The second-order valence-corrected chi connectivity index (χ2v) is 7.32. The number of thioether (sulfide) groups is 1. The molecule has 2 aromatic rings. The van der Waals surface area contributed by atoms with Crippen LogP contribution in [0.3, 0.4) is 0 Å². The molecule has 0 aliphatic carbocycles. The van der Waals surface area contributed by atoms with Crippen LogP contribution in [-0.4, -0.2) is 26.8 Å². The van der Waals surface area contributed by atoms with Gasteiger partial charge in [-0.2, -0.15) is 0 Å². The molecule has 1 saturated heterocycles. The lowest BCUT2D eigenvalue weighted by Gasteiger charge is -2.30. The van der Waals surface area contributed by atoms with Crippen LogP contribution in [-0.2, 0) is 0 Å². The molecule has 0 aromatic carbocycles. The Morgan fingerprint density at radius 1 is 1.29 bits per heavy atom. The molecular formula is C16H17N3S2. The average Bonchev–Trinajstić information content (AvgIpc) is 3.23. The highest BCUT2D eigenvalue weighted by Crippen LogP contribution is 2.49. The highest BCUT2D eigenvalue weighted by atomic mass is 32.2. The highest BCUT2D eigenvalue weighted by molar-refractivity contribution is 8.14. The summed E-state index contributed by atoms with van der Waals surface area (Å²) in [4.78, 5) is 13.5. The van der Waals surface area contributed by atoms with Crippen molar-refractivity contribution >= 4 is 28.3 Å². The highest BCUT2D eigenvalue weighted by Gasteiger charge is 2.45. The summed E-state index contributed by atoms with van der Waals surface area (Å²) >= 11 is 3.73. The zero-order chi connectivity index (χ0) is 14.2. The van der Waals surface area contributed by atoms with Crippen LogP contribution in [0.5, 0.6) is 0 Å².